The number of aryl methyl sites for hydroxylation is 2. The Balaban J connectivity index is 1.48. The van der Waals surface area contributed by atoms with Gasteiger partial charge in [0, 0.05) is 17.9 Å². The van der Waals surface area contributed by atoms with Crippen molar-refractivity contribution in [1.29, 1.82) is 0 Å². The lowest BCUT2D eigenvalue weighted by Crippen LogP contribution is -2.49. The van der Waals surface area contributed by atoms with Crippen LogP contribution in [-0.4, -0.2) is 20.9 Å². The van der Waals surface area contributed by atoms with Gasteiger partial charge in [-0.15, -0.1) is 0 Å². The van der Waals surface area contributed by atoms with E-state index in [2.05, 4.69) is 33.9 Å². The van der Waals surface area contributed by atoms with E-state index >= 15 is 0 Å². The number of fused-ring (bicyclic) bond motifs is 1. The SMILES string of the molecule is CCOc1ccc(NS(=O)(=O)c2ccc3c(c2)C(=O)N(c2ccc(C)cc2)[C@@H](c2ccc(C)cc2)N3Cc2ccccc2)cc1. The Bertz CT molecular complexity index is 1910. The molecular formula is C37H35N3O4S. The predicted molar refractivity (Wildman–Crippen MR) is 179 cm³/mol. The number of sulfonamides is 1. The van der Waals surface area contributed by atoms with E-state index in [1.165, 1.54) is 6.07 Å². The number of nitrogens with one attached hydrogen (secondary N) is 1. The standard InChI is InChI=1S/C37H35N3O4S/c1-4-44-32-20-16-30(17-21-32)38-45(42,43)33-22-23-35-34(24-33)37(41)40(31-18-12-27(3)13-19-31)36(29-14-10-26(2)11-15-29)39(35)25-28-8-6-5-7-9-28/h5-24,36,38H,4,25H2,1-3H3/t36-/m0/s1. The average Bonchev–Trinajstić information content (AvgIpc) is 3.04. The zero-order valence-corrected chi connectivity index (χ0v) is 26.3. The van der Waals surface area contributed by atoms with E-state index in [9.17, 15) is 13.2 Å². The number of nitrogens with zero attached hydrogens (tertiary/aromatic N) is 2. The first-order valence-electron chi connectivity index (χ1n) is 14.9. The molecule has 0 bridgehead atoms. The molecule has 1 aliphatic rings. The van der Waals surface area contributed by atoms with Crippen LogP contribution in [0.25, 0.3) is 0 Å². The van der Waals surface area contributed by atoms with Gasteiger partial charge in [-0.2, -0.15) is 0 Å². The molecule has 5 aromatic rings. The number of carbonyl (C=O) groups excluding carboxylic acids is 1. The monoisotopic (exact) mass is 617 g/mol. The molecule has 0 spiro atoms. The van der Waals surface area contributed by atoms with Crippen LogP contribution >= 0.6 is 0 Å². The lowest BCUT2D eigenvalue weighted by atomic mass is 9.98. The van der Waals surface area contributed by atoms with Crippen LogP contribution < -0.4 is 19.3 Å². The maximum absolute atomic E-state index is 14.6. The number of amides is 1. The van der Waals surface area contributed by atoms with Crippen molar-refractivity contribution in [3.05, 3.63) is 149 Å². The van der Waals surface area contributed by atoms with Crippen LogP contribution in [-0.2, 0) is 16.6 Å². The van der Waals surface area contributed by atoms with Crippen molar-refractivity contribution in [2.45, 2.75) is 38.4 Å². The minimum atomic E-state index is -4.01. The average molecular weight is 618 g/mol. The van der Waals surface area contributed by atoms with E-state index in [0.29, 0.717) is 35.8 Å². The first-order chi connectivity index (χ1) is 21.7. The van der Waals surface area contributed by atoms with Crippen molar-refractivity contribution in [3.63, 3.8) is 0 Å². The summed E-state index contributed by atoms with van der Waals surface area (Å²) in [6, 6.07) is 37.6. The molecule has 1 N–H and O–H groups in total. The van der Waals surface area contributed by atoms with Gasteiger partial charge >= 0.3 is 0 Å². The van der Waals surface area contributed by atoms with Gasteiger partial charge in [0.05, 0.1) is 22.8 Å². The van der Waals surface area contributed by atoms with Crippen LogP contribution in [0.5, 0.6) is 5.75 Å². The van der Waals surface area contributed by atoms with E-state index < -0.39 is 16.2 Å². The molecule has 228 valence electrons. The molecule has 0 saturated carbocycles. The van der Waals surface area contributed by atoms with E-state index in [4.69, 9.17) is 4.74 Å². The number of benzene rings is 5. The molecule has 0 fully saturated rings. The zero-order valence-electron chi connectivity index (χ0n) is 25.5. The highest BCUT2D eigenvalue weighted by Crippen LogP contribution is 2.43. The highest BCUT2D eigenvalue weighted by Gasteiger charge is 2.40. The molecule has 0 saturated heterocycles. The van der Waals surface area contributed by atoms with E-state index in [1.807, 2.05) is 75.4 Å². The Morgan fingerprint density at radius 2 is 1.42 bits per heavy atom. The molecule has 8 heteroatoms. The van der Waals surface area contributed by atoms with Crippen LogP contribution in [0.15, 0.2) is 126 Å². The van der Waals surface area contributed by atoms with Crippen molar-refractivity contribution < 1.29 is 17.9 Å². The highest BCUT2D eigenvalue weighted by molar-refractivity contribution is 7.92. The van der Waals surface area contributed by atoms with Gasteiger partial charge < -0.3 is 9.64 Å². The predicted octanol–water partition coefficient (Wildman–Crippen LogP) is 7.87. The van der Waals surface area contributed by atoms with Gasteiger partial charge in [0.25, 0.3) is 15.9 Å². The highest BCUT2D eigenvalue weighted by atomic mass is 32.2. The Morgan fingerprint density at radius 3 is 2.07 bits per heavy atom. The van der Waals surface area contributed by atoms with Crippen molar-refractivity contribution in [2.75, 3.05) is 21.1 Å². The van der Waals surface area contributed by atoms with Crippen LogP contribution in [0.2, 0.25) is 0 Å². The fraction of sp³-hybridized carbons (Fsp3) is 0.162. The molecule has 1 atom stereocenters. The summed E-state index contributed by atoms with van der Waals surface area (Å²) in [6.07, 6.45) is -0.474. The van der Waals surface area contributed by atoms with Crippen LogP contribution in [0.3, 0.4) is 0 Å². The van der Waals surface area contributed by atoms with E-state index in [-0.39, 0.29) is 10.8 Å². The van der Waals surface area contributed by atoms with Crippen LogP contribution in [0, 0.1) is 13.8 Å². The third-order valence-electron chi connectivity index (χ3n) is 7.88. The molecule has 6 rings (SSSR count). The topological polar surface area (TPSA) is 78.9 Å². The minimum absolute atomic E-state index is 0.000730. The molecular weight excluding hydrogens is 582 g/mol. The molecule has 0 radical (unpaired) electrons. The summed E-state index contributed by atoms with van der Waals surface area (Å²) in [7, 11) is -4.01. The number of anilines is 3. The molecule has 45 heavy (non-hydrogen) atoms. The van der Waals surface area contributed by atoms with Crippen LogP contribution in [0.1, 0.15) is 45.7 Å². The number of hydrogen-bond donors (Lipinski definition) is 1. The summed E-state index contributed by atoms with van der Waals surface area (Å²) >= 11 is 0. The van der Waals surface area contributed by atoms with Gasteiger partial charge in [0.15, 0.2) is 0 Å². The second-order valence-electron chi connectivity index (χ2n) is 11.2. The Morgan fingerprint density at radius 1 is 0.778 bits per heavy atom. The van der Waals surface area contributed by atoms with Crippen molar-refractivity contribution in [1.82, 2.24) is 0 Å². The van der Waals surface area contributed by atoms with Crippen LogP contribution in [0.4, 0.5) is 17.1 Å². The Hall–Kier alpha value is -5.08. The number of ether oxygens (including phenoxy) is 1. The normalized spacial score (nSPS) is 14.6. The lowest BCUT2D eigenvalue weighted by molar-refractivity contribution is 0.0968. The summed E-state index contributed by atoms with van der Waals surface area (Å²) in [6.45, 7) is 6.94. The first-order valence-corrected chi connectivity index (χ1v) is 16.4. The molecule has 0 unspecified atom stereocenters. The zero-order chi connectivity index (χ0) is 31.6. The van der Waals surface area contributed by atoms with Gasteiger partial charge in [0.1, 0.15) is 11.9 Å². The molecule has 0 aromatic heterocycles. The van der Waals surface area contributed by atoms with Gasteiger partial charge in [-0.1, -0.05) is 77.9 Å². The molecule has 7 nitrogen and oxygen atoms in total. The van der Waals surface area contributed by atoms with Gasteiger partial charge in [-0.05, 0) is 86.5 Å². The molecule has 0 aliphatic carbocycles. The van der Waals surface area contributed by atoms with E-state index in [1.54, 1.807) is 41.3 Å². The smallest absolute Gasteiger partial charge is 0.262 e. The van der Waals surface area contributed by atoms with Gasteiger partial charge in [-0.3, -0.25) is 14.4 Å². The van der Waals surface area contributed by atoms with Gasteiger partial charge in [0.2, 0.25) is 0 Å². The third-order valence-corrected chi connectivity index (χ3v) is 9.26. The largest absolute Gasteiger partial charge is 0.494 e. The quantitative estimate of drug-likeness (QED) is 0.182. The summed E-state index contributed by atoms with van der Waals surface area (Å²) in [5.74, 6) is 0.375. The summed E-state index contributed by atoms with van der Waals surface area (Å²) in [5.41, 5.74) is 6.30. The Labute approximate surface area is 264 Å². The second kappa shape index (κ2) is 12.5. The maximum atomic E-state index is 14.6. The summed E-state index contributed by atoms with van der Waals surface area (Å²) < 4.78 is 35.3. The number of rotatable bonds is 9. The second-order valence-corrected chi connectivity index (χ2v) is 12.8. The fourth-order valence-corrected chi connectivity index (χ4v) is 6.68. The summed E-state index contributed by atoms with van der Waals surface area (Å²) in [5, 5.41) is 0. The molecule has 1 aliphatic heterocycles. The van der Waals surface area contributed by atoms with Gasteiger partial charge in [-0.25, -0.2) is 8.42 Å². The van der Waals surface area contributed by atoms with Crippen molar-refractivity contribution in [2.24, 2.45) is 0 Å². The third kappa shape index (κ3) is 6.28. The van der Waals surface area contributed by atoms with Crippen molar-refractivity contribution >= 4 is 33.0 Å². The maximum Gasteiger partial charge on any atom is 0.262 e. The molecule has 5 aromatic carbocycles. The lowest BCUT2D eigenvalue weighted by Gasteiger charge is -2.46. The number of hydrogen-bond acceptors (Lipinski definition) is 5. The minimum Gasteiger partial charge on any atom is -0.494 e. The molecule has 1 amide bonds. The fourth-order valence-electron chi connectivity index (χ4n) is 5.60. The van der Waals surface area contributed by atoms with E-state index in [0.717, 1.165) is 27.9 Å². The Kier molecular flexibility index (Phi) is 8.32. The summed E-state index contributed by atoms with van der Waals surface area (Å²) in [4.78, 5) is 18.5. The first kappa shape index (κ1) is 30.0. The molecule has 1 heterocycles. The van der Waals surface area contributed by atoms with Crippen molar-refractivity contribution in [3.8, 4) is 5.75 Å². The number of carbonyl (C=O) groups is 1.